The molecule has 1 aromatic heterocycles. The molecule has 1 aliphatic rings. The lowest BCUT2D eigenvalue weighted by molar-refractivity contribution is -0.121. The first-order valence-corrected chi connectivity index (χ1v) is 6.01. The van der Waals surface area contributed by atoms with Crippen LogP contribution in [-0.2, 0) is 11.3 Å². The number of nitrogens with zero attached hydrogens (tertiary/aromatic N) is 1. The number of pyridine rings is 1. The van der Waals surface area contributed by atoms with E-state index in [9.17, 15) is 9.59 Å². The number of aryl methyl sites for hydroxylation is 1. The van der Waals surface area contributed by atoms with E-state index < -0.39 is 0 Å². The maximum Gasteiger partial charge on any atom is 0.253 e. The van der Waals surface area contributed by atoms with E-state index in [1.54, 1.807) is 19.2 Å². The quantitative estimate of drug-likeness (QED) is 0.907. The Morgan fingerprint density at radius 1 is 1.62 bits per heavy atom. The summed E-state index contributed by atoms with van der Waals surface area (Å²) in [5.41, 5.74) is 0.516. The smallest absolute Gasteiger partial charge is 0.253 e. The Hall–Kier alpha value is -1.10. The van der Waals surface area contributed by atoms with Gasteiger partial charge in [0.05, 0.1) is 0 Å². The van der Waals surface area contributed by atoms with Crippen LogP contribution in [0.2, 0.25) is 0 Å². The van der Waals surface area contributed by atoms with Crippen molar-refractivity contribution in [3.8, 4) is 0 Å². The SMILES string of the molecule is Cc1cc(Br)cn(CC(=O)NC2CC2)c1=O. The summed E-state index contributed by atoms with van der Waals surface area (Å²) < 4.78 is 2.24. The largest absolute Gasteiger partial charge is 0.352 e. The predicted octanol–water partition coefficient (Wildman–Crippen LogP) is 1.20. The number of carbonyl (C=O) groups is 1. The third-order valence-corrected chi connectivity index (χ3v) is 2.92. The van der Waals surface area contributed by atoms with Crippen LogP contribution < -0.4 is 10.9 Å². The van der Waals surface area contributed by atoms with Crippen molar-refractivity contribution in [2.45, 2.75) is 32.4 Å². The van der Waals surface area contributed by atoms with Crippen molar-refractivity contribution in [1.29, 1.82) is 0 Å². The van der Waals surface area contributed by atoms with E-state index in [4.69, 9.17) is 0 Å². The van der Waals surface area contributed by atoms with Gasteiger partial charge in [0.2, 0.25) is 5.91 Å². The van der Waals surface area contributed by atoms with E-state index in [-0.39, 0.29) is 18.0 Å². The van der Waals surface area contributed by atoms with Crippen LogP contribution in [0, 0.1) is 6.92 Å². The maximum absolute atomic E-state index is 11.7. The van der Waals surface area contributed by atoms with Crippen molar-refractivity contribution in [2.24, 2.45) is 0 Å². The molecule has 1 aliphatic carbocycles. The normalized spacial score (nSPS) is 14.9. The fraction of sp³-hybridized carbons (Fsp3) is 0.455. The Bertz CT molecular complexity index is 477. The highest BCUT2D eigenvalue weighted by Gasteiger charge is 2.23. The molecule has 1 saturated carbocycles. The molecule has 0 atom stereocenters. The molecule has 1 aromatic rings. The standard InChI is InChI=1S/C11H13BrN2O2/c1-7-4-8(12)5-14(11(7)16)6-10(15)13-9-2-3-9/h4-5,9H,2-3,6H2,1H3,(H,13,15). The number of aromatic nitrogens is 1. The number of amides is 1. The second-order valence-electron chi connectivity index (χ2n) is 4.12. The molecule has 0 saturated heterocycles. The van der Waals surface area contributed by atoms with Crippen LogP contribution >= 0.6 is 15.9 Å². The molecule has 0 radical (unpaired) electrons. The van der Waals surface area contributed by atoms with Crippen LogP contribution in [0.25, 0.3) is 0 Å². The van der Waals surface area contributed by atoms with Crippen LogP contribution in [0.3, 0.4) is 0 Å². The molecular formula is C11H13BrN2O2. The van der Waals surface area contributed by atoms with Gasteiger partial charge in [-0.3, -0.25) is 9.59 Å². The zero-order chi connectivity index (χ0) is 11.7. The molecule has 1 N–H and O–H groups in total. The molecule has 1 amide bonds. The fourth-order valence-corrected chi connectivity index (χ4v) is 2.10. The molecule has 0 unspecified atom stereocenters. The highest BCUT2D eigenvalue weighted by Crippen LogP contribution is 2.18. The molecule has 4 nitrogen and oxygen atoms in total. The van der Waals surface area contributed by atoms with Gasteiger partial charge in [-0.15, -0.1) is 0 Å². The van der Waals surface area contributed by atoms with Crippen LogP contribution in [0.5, 0.6) is 0 Å². The first-order valence-electron chi connectivity index (χ1n) is 5.22. The third kappa shape index (κ3) is 2.72. The zero-order valence-electron chi connectivity index (χ0n) is 9.00. The second kappa shape index (κ2) is 4.41. The van der Waals surface area contributed by atoms with Crippen LogP contribution in [0.15, 0.2) is 21.5 Å². The van der Waals surface area contributed by atoms with E-state index in [0.717, 1.165) is 17.3 Å². The minimum atomic E-state index is -0.117. The van der Waals surface area contributed by atoms with Crippen LogP contribution in [-0.4, -0.2) is 16.5 Å². The summed E-state index contributed by atoms with van der Waals surface area (Å²) >= 11 is 3.31. The van der Waals surface area contributed by atoms with Crippen molar-refractivity contribution in [3.63, 3.8) is 0 Å². The lowest BCUT2D eigenvalue weighted by atomic mass is 10.3. The van der Waals surface area contributed by atoms with Gasteiger partial charge >= 0.3 is 0 Å². The second-order valence-corrected chi connectivity index (χ2v) is 5.03. The Balaban J connectivity index is 2.13. The van der Waals surface area contributed by atoms with E-state index >= 15 is 0 Å². The van der Waals surface area contributed by atoms with E-state index in [1.165, 1.54) is 4.57 Å². The molecule has 2 rings (SSSR count). The highest BCUT2D eigenvalue weighted by molar-refractivity contribution is 9.10. The Kier molecular flexibility index (Phi) is 3.14. The monoisotopic (exact) mass is 284 g/mol. The van der Waals surface area contributed by atoms with Gasteiger partial charge in [-0.05, 0) is 41.8 Å². The molecule has 1 fully saturated rings. The van der Waals surface area contributed by atoms with Crippen molar-refractivity contribution in [2.75, 3.05) is 0 Å². The molecule has 1 heterocycles. The molecule has 16 heavy (non-hydrogen) atoms. The number of halogens is 1. The molecule has 86 valence electrons. The van der Waals surface area contributed by atoms with Gasteiger partial charge in [-0.1, -0.05) is 0 Å². The van der Waals surface area contributed by atoms with Crippen molar-refractivity contribution >= 4 is 21.8 Å². The van der Waals surface area contributed by atoms with Gasteiger partial charge in [0.1, 0.15) is 6.54 Å². The summed E-state index contributed by atoms with van der Waals surface area (Å²) in [6, 6.07) is 2.08. The number of hydrogen-bond donors (Lipinski definition) is 1. The predicted molar refractivity (Wildman–Crippen MR) is 64.3 cm³/mol. The average Bonchev–Trinajstić information content (AvgIpc) is 2.97. The van der Waals surface area contributed by atoms with Gasteiger partial charge in [0.25, 0.3) is 5.56 Å². The van der Waals surface area contributed by atoms with Crippen molar-refractivity contribution < 1.29 is 4.79 Å². The van der Waals surface area contributed by atoms with Gasteiger partial charge < -0.3 is 9.88 Å². The first kappa shape index (κ1) is 11.4. The lowest BCUT2D eigenvalue weighted by Gasteiger charge is -2.07. The summed E-state index contributed by atoms with van der Waals surface area (Å²) in [6.07, 6.45) is 3.75. The number of carbonyl (C=O) groups excluding carboxylic acids is 1. The van der Waals surface area contributed by atoms with E-state index in [1.807, 2.05) is 0 Å². The summed E-state index contributed by atoms with van der Waals surface area (Å²) in [5.74, 6) is -0.0953. The minimum absolute atomic E-state index is 0.0929. The maximum atomic E-state index is 11.7. The first-order chi connectivity index (χ1) is 7.56. The Morgan fingerprint density at radius 2 is 2.31 bits per heavy atom. The molecule has 0 bridgehead atoms. The van der Waals surface area contributed by atoms with Crippen molar-refractivity contribution in [1.82, 2.24) is 9.88 Å². The lowest BCUT2D eigenvalue weighted by Crippen LogP contribution is -2.33. The fourth-order valence-electron chi connectivity index (χ4n) is 1.51. The zero-order valence-corrected chi connectivity index (χ0v) is 10.6. The average molecular weight is 285 g/mol. The molecule has 0 spiro atoms. The number of rotatable bonds is 3. The van der Waals surface area contributed by atoms with Crippen LogP contribution in [0.1, 0.15) is 18.4 Å². The van der Waals surface area contributed by atoms with Gasteiger partial charge in [-0.25, -0.2) is 0 Å². The number of hydrogen-bond acceptors (Lipinski definition) is 2. The number of nitrogens with one attached hydrogen (secondary N) is 1. The summed E-state index contributed by atoms with van der Waals surface area (Å²) in [6.45, 7) is 1.83. The van der Waals surface area contributed by atoms with Gasteiger partial charge in [-0.2, -0.15) is 0 Å². The summed E-state index contributed by atoms with van der Waals surface area (Å²) in [4.78, 5) is 23.3. The van der Waals surface area contributed by atoms with Crippen LogP contribution in [0.4, 0.5) is 0 Å². The molecule has 0 aliphatic heterocycles. The topological polar surface area (TPSA) is 51.1 Å². The Morgan fingerprint density at radius 3 is 2.94 bits per heavy atom. The third-order valence-electron chi connectivity index (χ3n) is 2.49. The minimum Gasteiger partial charge on any atom is -0.352 e. The summed E-state index contributed by atoms with van der Waals surface area (Å²) in [5, 5.41) is 2.85. The summed E-state index contributed by atoms with van der Waals surface area (Å²) in [7, 11) is 0. The molecular weight excluding hydrogens is 272 g/mol. The van der Waals surface area contributed by atoms with Gasteiger partial charge in [0.15, 0.2) is 0 Å². The van der Waals surface area contributed by atoms with Crippen molar-refractivity contribution in [3.05, 3.63) is 32.7 Å². The molecule has 0 aromatic carbocycles. The molecule has 5 heteroatoms. The highest BCUT2D eigenvalue weighted by atomic mass is 79.9. The van der Waals surface area contributed by atoms with E-state index in [0.29, 0.717) is 11.6 Å². The van der Waals surface area contributed by atoms with Gasteiger partial charge in [0, 0.05) is 22.3 Å². The van der Waals surface area contributed by atoms with E-state index in [2.05, 4.69) is 21.2 Å². The Labute approximate surface area is 102 Å².